The molecule has 4 rings (SSSR count). The molecule has 0 amide bonds. The Morgan fingerprint density at radius 1 is 1.11 bits per heavy atom. The maximum absolute atomic E-state index is 11.6. The monoisotopic (exact) mass is 256 g/mol. The highest BCUT2D eigenvalue weighted by atomic mass is 16.5. The van der Waals surface area contributed by atoms with E-state index in [0.717, 1.165) is 23.7 Å². The first kappa shape index (κ1) is 11.5. The molecule has 2 bridgehead atoms. The van der Waals surface area contributed by atoms with Crippen LogP contribution in [-0.4, -0.2) is 13.1 Å². The molecule has 0 saturated heterocycles. The molecule has 2 saturated carbocycles. The zero-order valence-electron chi connectivity index (χ0n) is 11.4. The molecular weight excluding hydrogens is 236 g/mol. The first-order chi connectivity index (χ1) is 9.26. The molecule has 4 unspecified atom stereocenters. The van der Waals surface area contributed by atoms with Crippen LogP contribution in [0.1, 0.15) is 40.7 Å². The van der Waals surface area contributed by atoms with Crippen LogP contribution in [0.4, 0.5) is 0 Å². The molecule has 0 aliphatic heterocycles. The summed E-state index contributed by atoms with van der Waals surface area (Å²) >= 11 is 0. The Kier molecular flexibility index (Phi) is 2.48. The summed E-state index contributed by atoms with van der Waals surface area (Å²) in [5.41, 5.74) is 3.58. The number of methoxy groups -OCH3 is 1. The molecule has 0 heterocycles. The van der Waals surface area contributed by atoms with Gasteiger partial charge in [0.2, 0.25) is 0 Å². The van der Waals surface area contributed by atoms with Crippen molar-refractivity contribution in [1.29, 1.82) is 0 Å². The topological polar surface area (TPSA) is 26.3 Å². The van der Waals surface area contributed by atoms with Crippen molar-refractivity contribution in [3.63, 3.8) is 0 Å². The van der Waals surface area contributed by atoms with Crippen LogP contribution in [0.5, 0.6) is 0 Å². The fourth-order valence-corrected chi connectivity index (χ4v) is 4.93. The Hall–Kier alpha value is -1.31. The van der Waals surface area contributed by atoms with E-state index in [4.69, 9.17) is 4.74 Å². The van der Waals surface area contributed by atoms with Crippen molar-refractivity contribution in [3.8, 4) is 0 Å². The standard InChI is InChI=1S/C17H20O2/c1-19-17(18)13-5-2-10-8-15-11-3-4-12(6-11)16(15)9-14(10)7-13/h2,5,7,11-12,15-16H,3-4,6,8-9H2,1H3. The summed E-state index contributed by atoms with van der Waals surface area (Å²) in [6.45, 7) is 0. The van der Waals surface area contributed by atoms with Crippen LogP contribution in [0.25, 0.3) is 0 Å². The van der Waals surface area contributed by atoms with Gasteiger partial charge in [0.25, 0.3) is 0 Å². The van der Waals surface area contributed by atoms with E-state index in [1.807, 2.05) is 6.07 Å². The van der Waals surface area contributed by atoms with Crippen molar-refractivity contribution in [2.45, 2.75) is 32.1 Å². The summed E-state index contributed by atoms with van der Waals surface area (Å²) in [7, 11) is 1.45. The van der Waals surface area contributed by atoms with Gasteiger partial charge in [0.15, 0.2) is 0 Å². The van der Waals surface area contributed by atoms with Gasteiger partial charge in [0, 0.05) is 0 Å². The summed E-state index contributed by atoms with van der Waals surface area (Å²) < 4.78 is 4.82. The van der Waals surface area contributed by atoms with Crippen LogP contribution in [0.15, 0.2) is 18.2 Å². The van der Waals surface area contributed by atoms with E-state index in [2.05, 4.69) is 12.1 Å². The predicted octanol–water partition coefficient (Wildman–Crippen LogP) is 3.23. The van der Waals surface area contributed by atoms with E-state index in [0.29, 0.717) is 5.56 Å². The number of ether oxygens (including phenoxy) is 1. The van der Waals surface area contributed by atoms with Gasteiger partial charge in [-0.3, -0.25) is 0 Å². The normalized spacial score (nSPS) is 34.8. The lowest BCUT2D eigenvalue weighted by atomic mass is 9.69. The molecule has 0 radical (unpaired) electrons. The molecule has 4 atom stereocenters. The molecule has 0 aromatic heterocycles. The van der Waals surface area contributed by atoms with Gasteiger partial charge < -0.3 is 4.74 Å². The van der Waals surface area contributed by atoms with E-state index < -0.39 is 0 Å². The lowest BCUT2D eigenvalue weighted by Gasteiger charge is -2.36. The van der Waals surface area contributed by atoms with Crippen molar-refractivity contribution in [3.05, 3.63) is 34.9 Å². The van der Waals surface area contributed by atoms with E-state index in [1.165, 1.54) is 50.3 Å². The quantitative estimate of drug-likeness (QED) is 0.721. The van der Waals surface area contributed by atoms with Crippen LogP contribution in [-0.2, 0) is 17.6 Å². The molecule has 100 valence electrons. The number of hydrogen-bond acceptors (Lipinski definition) is 2. The van der Waals surface area contributed by atoms with Gasteiger partial charge >= 0.3 is 5.97 Å². The Labute approximate surface area is 114 Å². The van der Waals surface area contributed by atoms with E-state index in [1.54, 1.807) is 0 Å². The van der Waals surface area contributed by atoms with Gasteiger partial charge in [-0.2, -0.15) is 0 Å². The summed E-state index contributed by atoms with van der Waals surface area (Å²) in [6, 6.07) is 6.16. The number of carbonyl (C=O) groups excluding carboxylic acids is 1. The number of fused-ring (bicyclic) bond motifs is 6. The highest BCUT2D eigenvalue weighted by Crippen LogP contribution is 2.56. The van der Waals surface area contributed by atoms with E-state index in [9.17, 15) is 4.79 Å². The average Bonchev–Trinajstić information content (AvgIpc) is 3.05. The average molecular weight is 256 g/mol. The third-order valence-electron chi connectivity index (χ3n) is 5.81. The molecule has 0 spiro atoms. The first-order valence-electron chi connectivity index (χ1n) is 7.46. The minimum Gasteiger partial charge on any atom is -0.465 e. The van der Waals surface area contributed by atoms with Crippen molar-refractivity contribution >= 4 is 5.97 Å². The summed E-state index contributed by atoms with van der Waals surface area (Å²) in [4.78, 5) is 11.6. The van der Waals surface area contributed by atoms with E-state index >= 15 is 0 Å². The second kappa shape index (κ2) is 4.09. The largest absolute Gasteiger partial charge is 0.465 e. The van der Waals surface area contributed by atoms with Crippen molar-refractivity contribution in [2.75, 3.05) is 7.11 Å². The number of benzene rings is 1. The Morgan fingerprint density at radius 3 is 2.47 bits per heavy atom. The van der Waals surface area contributed by atoms with Crippen LogP contribution in [0, 0.1) is 23.7 Å². The van der Waals surface area contributed by atoms with E-state index in [-0.39, 0.29) is 5.97 Å². The lowest BCUT2D eigenvalue weighted by Crippen LogP contribution is -2.30. The highest BCUT2D eigenvalue weighted by molar-refractivity contribution is 5.89. The fourth-order valence-electron chi connectivity index (χ4n) is 4.93. The van der Waals surface area contributed by atoms with Gasteiger partial charge in [-0.1, -0.05) is 6.07 Å². The molecule has 2 heteroatoms. The Bertz CT molecular complexity index is 534. The molecule has 1 aromatic carbocycles. The second-order valence-corrected chi connectivity index (χ2v) is 6.54. The van der Waals surface area contributed by atoms with Crippen molar-refractivity contribution < 1.29 is 9.53 Å². The second-order valence-electron chi connectivity index (χ2n) is 6.54. The number of hydrogen-bond donors (Lipinski definition) is 0. The zero-order valence-corrected chi connectivity index (χ0v) is 11.4. The summed E-state index contributed by atoms with van der Waals surface area (Å²) in [6.07, 6.45) is 6.79. The lowest BCUT2D eigenvalue weighted by molar-refractivity contribution is 0.0600. The molecule has 0 N–H and O–H groups in total. The summed E-state index contributed by atoms with van der Waals surface area (Å²) in [5, 5.41) is 0. The van der Waals surface area contributed by atoms with Crippen LogP contribution >= 0.6 is 0 Å². The number of rotatable bonds is 1. The first-order valence-corrected chi connectivity index (χ1v) is 7.46. The van der Waals surface area contributed by atoms with Crippen LogP contribution in [0.2, 0.25) is 0 Å². The maximum Gasteiger partial charge on any atom is 0.337 e. The number of carbonyl (C=O) groups is 1. The fraction of sp³-hybridized carbons (Fsp3) is 0.588. The van der Waals surface area contributed by atoms with Gasteiger partial charge in [0.05, 0.1) is 12.7 Å². The number of esters is 1. The van der Waals surface area contributed by atoms with Crippen LogP contribution < -0.4 is 0 Å². The van der Waals surface area contributed by atoms with Gasteiger partial charge in [-0.05, 0) is 79.0 Å². The SMILES string of the molecule is COC(=O)c1ccc2c(c1)CC1C3CCC(C3)C1C2. The van der Waals surface area contributed by atoms with Crippen molar-refractivity contribution in [2.24, 2.45) is 23.7 Å². The smallest absolute Gasteiger partial charge is 0.337 e. The molecule has 2 fully saturated rings. The Balaban J connectivity index is 1.67. The molecule has 2 nitrogen and oxygen atoms in total. The predicted molar refractivity (Wildman–Crippen MR) is 73.0 cm³/mol. The third kappa shape index (κ3) is 1.65. The van der Waals surface area contributed by atoms with Gasteiger partial charge in [-0.15, -0.1) is 0 Å². The minimum absolute atomic E-state index is 0.210. The third-order valence-corrected chi connectivity index (χ3v) is 5.81. The van der Waals surface area contributed by atoms with Gasteiger partial charge in [-0.25, -0.2) is 4.79 Å². The highest BCUT2D eigenvalue weighted by Gasteiger charge is 2.48. The summed E-state index contributed by atoms with van der Waals surface area (Å²) in [5.74, 6) is 3.56. The van der Waals surface area contributed by atoms with Crippen molar-refractivity contribution in [1.82, 2.24) is 0 Å². The van der Waals surface area contributed by atoms with Gasteiger partial charge in [0.1, 0.15) is 0 Å². The maximum atomic E-state index is 11.6. The zero-order chi connectivity index (χ0) is 13.0. The molecule has 1 aromatic rings. The molecular formula is C17H20O2. The molecule has 19 heavy (non-hydrogen) atoms. The minimum atomic E-state index is -0.210. The van der Waals surface area contributed by atoms with Crippen LogP contribution in [0.3, 0.4) is 0 Å². The Morgan fingerprint density at radius 2 is 1.79 bits per heavy atom. The molecule has 3 aliphatic rings. The molecule has 3 aliphatic carbocycles.